The Morgan fingerprint density at radius 2 is 1.73 bits per heavy atom. The highest BCUT2D eigenvalue weighted by molar-refractivity contribution is 9.10. The van der Waals surface area contributed by atoms with Gasteiger partial charge in [-0.15, -0.1) is 0 Å². The van der Waals surface area contributed by atoms with E-state index in [1.807, 2.05) is 37.3 Å². The molecule has 0 saturated heterocycles. The Hall–Kier alpha value is -4.07. The molecule has 1 heterocycles. The summed E-state index contributed by atoms with van der Waals surface area (Å²) in [6, 6.07) is 26.4. The zero-order valence-corrected chi connectivity index (χ0v) is 21.9. The van der Waals surface area contributed by atoms with Crippen molar-refractivity contribution in [3.05, 3.63) is 128 Å². The standard InChI is InChI=1S/C29H19BrClN3O3/c1-18-6-8-19(9-7-18)27-33-25-5-3-2-4-24(25)28(35)34(27)32-17-21-16-22(30)12-15-26(21)37-29(36)20-10-13-23(31)14-11-20/h2-17H,1H3. The number of nitrogens with zero attached hydrogens (tertiary/aromatic N) is 3. The molecule has 5 rings (SSSR count). The number of hydrogen-bond donors (Lipinski definition) is 0. The average Bonchev–Trinajstić information content (AvgIpc) is 2.90. The maximum Gasteiger partial charge on any atom is 0.343 e. The lowest BCUT2D eigenvalue weighted by atomic mass is 10.1. The van der Waals surface area contributed by atoms with Crippen LogP contribution < -0.4 is 10.3 Å². The summed E-state index contributed by atoms with van der Waals surface area (Å²) in [7, 11) is 0. The van der Waals surface area contributed by atoms with E-state index in [0.29, 0.717) is 32.9 Å². The van der Waals surface area contributed by atoms with E-state index in [1.54, 1.807) is 60.7 Å². The van der Waals surface area contributed by atoms with Crippen molar-refractivity contribution in [3.63, 3.8) is 0 Å². The van der Waals surface area contributed by atoms with E-state index >= 15 is 0 Å². The van der Waals surface area contributed by atoms with E-state index in [9.17, 15) is 9.59 Å². The summed E-state index contributed by atoms with van der Waals surface area (Å²) in [6.07, 6.45) is 1.48. The lowest BCUT2D eigenvalue weighted by molar-refractivity contribution is 0.0734. The highest BCUT2D eigenvalue weighted by Crippen LogP contribution is 2.24. The second-order valence-corrected chi connectivity index (χ2v) is 9.61. The van der Waals surface area contributed by atoms with E-state index < -0.39 is 5.97 Å². The van der Waals surface area contributed by atoms with Crippen molar-refractivity contribution in [1.82, 2.24) is 9.66 Å². The van der Waals surface area contributed by atoms with Crippen molar-refractivity contribution in [2.45, 2.75) is 6.92 Å². The second-order valence-electron chi connectivity index (χ2n) is 8.26. The summed E-state index contributed by atoms with van der Waals surface area (Å²) in [5.41, 5.74) is 2.94. The maximum absolute atomic E-state index is 13.5. The second kappa shape index (κ2) is 10.5. The van der Waals surface area contributed by atoms with Crippen LogP contribution in [0.5, 0.6) is 5.75 Å². The summed E-state index contributed by atoms with van der Waals surface area (Å²) >= 11 is 9.37. The Labute approximate surface area is 226 Å². The van der Waals surface area contributed by atoms with Crippen LogP contribution in [0.4, 0.5) is 0 Å². The van der Waals surface area contributed by atoms with Crippen molar-refractivity contribution in [1.29, 1.82) is 0 Å². The fraction of sp³-hybridized carbons (Fsp3) is 0.0345. The molecule has 0 bridgehead atoms. The van der Waals surface area contributed by atoms with E-state index in [4.69, 9.17) is 21.3 Å². The van der Waals surface area contributed by atoms with E-state index in [-0.39, 0.29) is 11.3 Å². The topological polar surface area (TPSA) is 73.6 Å². The molecule has 0 aliphatic rings. The first-order valence-electron chi connectivity index (χ1n) is 11.3. The Balaban J connectivity index is 1.58. The van der Waals surface area contributed by atoms with Gasteiger partial charge in [0, 0.05) is 20.6 Å². The predicted octanol–water partition coefficient (Wildman–Crippen LogP) is 6.89. The van der Waals surface area contributed by atoms with Gasteiger partial charge in [0.1, 0.15) is 5.75 Å². The summed E-state index contributed by atoms with van der Waals surface area (Å²) in [4.78, 5) is 30.9. The molecule has 5 aromatic rings. The number of carbonyl (C=O) groups excluding carboxylic acids is 1. The van der Waals surface area contributed by atoms with Gasteiger partial charge in [0.05, 0.1) is 22.7 Å². The summed E-state index contributed by atoms with van der Waals surface area (Å²) in [5.74, 6) is 0.138. The number of ether oxygens (including phenoxy) is 1. The molecule has 6 nitrogen and oxygen atoms in total. The first-order valence-corrected chi connectivity index (χ1v) is 12.5. The molecule has 8 heteroatoms. The molecule has 182 valence electrons. The van der Waals surface area contributed by atoms with Crippen LogP contribution in [0.2, 0.25) is 5.02 Å². The number of aryl methyl sites for hydroxylation is 1. The van der Waals surface area contributed by atoms with Gasteiger partial charge in [0.2, 0.25) is 0 Å². The minimum absolute atomic E-state index is 0.283. The van der Waals surface area contributed by atoms with Gasteiger partial charge in [0.15, 0.2) is 5.82 Å². The normalized spacial score (nSPS) is 11.2. The zero-order chi connectivity index (χ0) is 25.9. The molecule has 1 aromatic heterocycles. The van der Waals surface area contributed by atoms with Gasteiger partial charge in [0.25, 0.3) is 5.56 Å². The predicted molar refractivity (Wildman–Crippen MR) is 150 cm³/mol. The van der Waals surface area contributed by atoms with E-state index in [1.165, 1.54) is 10.9 Å². The number of aromatic nitrogens is 2. The summed E-state index contributed by atoms with van der Waals surface area (Å²) in [6.45, 7) is 1.99. The molecule has 0 atom stereocenters. The highest BCUT2D eigenvalue weighted by atomic mass is 79.9. The largest absolute Gasteiger partial charge is 0.422 e. The van der Waals surface area contributed by atoms with Gasteiger partial charge < -0.3 is 4.74 Å². The number of para-hydroxylation sites is 1. The number of benzene rings is 4. The Morgan fingerprint density at radius 3 is 2.49 bits per heavy atom. The van der Waals surface area contributed by atoms with Crippen molar-refractivity contribution >= 4 is 50.6 Å². The van der Waals surface area contributed by atoms with Crippen LogP contribution in [-0.4, -0.2) is 21.8 Å². The molecule has 0 spiro atoms. The first kappa shape index (κ1) is 24.6. The molecule has 0 aliphatic carbocycles. The lowest BCUT2D eigenvalue weighted by Crippen LogP contribution is -2.20. The number of carbonyl (C=O) groups is 1. The Kier molecular flexibility index (Phi) is 6.99. The van der Waals surface area contributed by atoms with Crippen LogP contribution in [0.25, 0.3) is 22.3 Å². The molecule has 0 aliphatic heterocycles. The Bertz CT molecular complexity index is 1710. The minimum atomic E-state index is -0.543. The summed E-state index contributed by atoms with van der Waals surface area (Å²) in [5, 5.41) is 5.47. The minimum Gasteiger partial charge on any atom is -0.422 e. The maximum atomic E-state index is 13.5. The van der Waals surface area contributed by atoms with Crippen molar-refractivity contribution in [3.8, 4) is 17.1 Å². The van der Waals surface area contributed by atoms with Gasteiger partial charge in [-0.1, -0.05) is 69.5 Å². The first-order chi connectivity index (χ1) is 17.9. The third-order valence-electron chi connectivity index (χ3n) is 5.63. The van der Waals surface area contributed by atoms with Gasteiger partial charge in [-0.2, -0.15) is 9.78 Å². The highest BCUT2D eigenvalue weighted by Gasteiger charge is 2.14. The summed E-state index contributed by atoms with van der Waals surface area (Å²) < 4.78 is 7.66. The quantitative estimate of drug-likeness (QED) is 0.131. The molecule has 0 unspecified atom stereocenters. The van der Waals surface area contributed by atoms with Crippen LogP contribution in [-0.2, 0) is 0 Å². The van der Waals surface area contributed by atoms with Crippen LogP contribution in [0.1, 0.15) is 21.5 Å². The Morgan fingerprint density at radius 1 is 1.00 bits per heavy atom. The number of halogens is 2. The number of hydrogen-bond acceptors (Lipinski definition) is 5. The van der Waals surface area contributed by atoms with Crippen LogP contribution in [0.15, 0.2) is 105 Å². The molecule has 0 radical (unpaired) electrons. The lowest BCUT2D eigenvalue weighted by Gasteiger charge is -2.11. The number of fused-ring (bicyclic) bond motifs is 1. The molecule has 0 N–H and O–H groups in total. The molecule has 0 fully saturated rings. The van der Waals surface area contributed by atoms with E-state index in [2.05, 4.69) is 21.0 Å². The van der Waals surface area contributed by atoms with Crippen LogP contribution in [0, 0.1) is 6.92 Å². The molecule has 0 amide bonds. The molecule has 37 heavy (non-hydrogen) atoms. The van der Waals surface area contributed by atoms with Crippen molar-refractivity contribution in [2.75, 3.05) is 0 Å². The van der Waals surface area contributed by atoms with Gasteiger partial charge in [-0.25, -0.2) is 9.78 Å². The molecular weight excluding hydrogens is 554 g/mol. The SMILES string of the molecule is Cc1ccc(-c2nc3ccccc3c(=O)n2N=Cc2cc(Br)ccc2OC(=O)c2ccc(Cl)cc2)cc1. The fourth-order valence-electron chi connectivity index (χ4n) is 3.70. The molecule has 4 aromatic carbocycles. The van der Waals surface area contributed by atoms with E-state index in [0.717, 1.165) is 15.6 Å². The monoisotopic (exact) mass is 571 g/mol. The molecule has 0 saturated carbocycles. The van der Waals surface area contributed by atoms with Crippen LogP contribution >= 0.6 is 27.5 Å². The smallest absolute Gasteiger partial charge is 0.343 e. The van der Waals surface area contributed by atoms with Gasteiger partial charge in [-0.3, -0.25) is 4.79 Å². The zero-order valence-electron chi connectivity index (χ0n) is 19.6. The number of rotatable bonds is 5. The average molecular weight is 573 g/mol. The van der Waals surface area contributed by atoms with Crippen molar-refractivity contribution < 1.29 is 9.53 Å². The van der Waals surface area contributed by atoms with Crippen LogP contribution in [0.3, 0.4) is 0 Å². The van der Waals surface area contributed by atoms with Crippen molar-refractivity contribution in [2.24, 2.45) is 5.10 Å². The molecular formula is C29H19BrClN3O3. The third-order valence-corrected chi connectivity index (χ3v) is 6.38. The number of esters is 1. The fourth-order valence-corrected chi connectivity index (χ4v) is 4.20. The third kappa shape index (κ3) is 5.38. The van der Waals surface area contributed by atoms with Gasteiger partial charge in [-0.05, 0) is 61.5 Å². The van der Waals surface area contributed by atoms with Gasteiger partial charge >= 0.3 is 5.97 Å².